The third-order valence-electron chi connectivity index (χ3n) is 1.92. The van der Waals surface area contributed by atoms with Gasteiger partial charge in [-0.2, -0.15) is 0 Å². The minimum absolute atomic E-state index is 0.117. The predicted octanol–water partition coefficient (Wildman–Crippen LogP) is 4.42. The normalized spacial score (nSPS) is 10.1. The smallest absolute Gasteiger partial charge is 0.265 e. The van der Waals surface area contributed by atoms with Crippen LogP contribution in [0.1, 0.15) is 9.67 Å². The van der Waals surface area contributed by atoms with Crippen LogP contribution in [0.3, 0.4) is 0 Å². The molecule has 1 heterocycles. The van der Waals surface area contributed by atoms with Crippen molar-refractivity contribution in [1.82, 2.24) is 0 Å². The Bertz CT molecular complexity index is 513. The molecule has 0 radical (unpaired) electrons. The van der Waals surface area contributed by atoms with Crippen molar-refractivity contribution in [2.45, 2.75) is 0 Å². The minimum atomic E-state index is -0.117. The van der Waals surface area contributed by atoms with Crippen molar-refractivity contribution in [3.8, 4) is 0 Å². The molecular weight excluding hydrogens is 310 g/mol. The number of halogens is 2. The zero-order chi connectivity index (χ0) is 11.5. The molecule has 0 bridgehead atoms. The second kappa shape index (κ2) is 4.99. The summed E-state index contributed by atoms with van der Waals surface area (Å²) in [4.78, 5) is 12.4. The first-order chi connectivity index (χ1) is 7.66. The topological polar surface area (TPSA) is 29.1 Å². The van der Waals surface area contributed by atoms with Crippen LogP contribution in [-0.2, 0) is 0 Å². The van der Waals surface area contributed by atoms with Gasteiger partial charge in [-0.1, -0.05) is 17.7 Å². The van der Waals surface area contributed by atoms with Gasteiger partial charge in [0.05, 0.1) is 9.90 Å². The lowest BCUT2D eigenvalue weighted by Gasteiger charge is -2.04. The van der Waals surface area contributed by atoms with E-state index in [4.69, 9.17) is 11.6 Å². The van der Waals surface area contributed by atoms with E-state index in [2.05, 4.69) is 21.2 Å². The van der Waals surface area contributed by atoms with Gasteiger partial charge in [-0.15, -0.1) is 11.3 Å². The standard InChI is InChI=1S/C11H7BrClNOS/c12-8-4-3-7(6-9(8)13)14-11(15)10-2-1-5-16-10/h1-6H,(H,14,15). The average Bonchev–Trinajstić information content (AvgIpc) is 2.77. The molecule has 0 aliphatic carbocycles. The zero-order valence-corrected chi connectivity index (χ0v) is 11.2. The third-order valence-corrected chi connectivity index (χ3v) is 4.02. The van der Waals surface area contributed by atoms with Gasteiger partial charge in [-0.05, 0) is 45.6 Å². The van der Waals surface area contributed by atoms with Crippen molar-refractivity contribution in [2.75, 3.05) is 5.32 Å². The highest BCUT2D eigenvalue weighted by atomic mass is 79.9. The summed E-state index contributed by atoms with van der Waals surface area (Å²) in [5, 5.41) is 5.22. The minimum Gasteiger partial charge on any atom is -0.321 e. The summed E-state index contributed by atoms with van der Waals surface area (Å²) >= 11 is 10.6. The van der Waals surface area contributed by atoms with E-state index in [0.29, 0.717) is 15.6 Å². The number of hydrogen-bond donors (Lipinski definition) is 1. The summed E-state index contributed by atoms with van der Waals surface area (Å²) in [7, 11) is 0. The number of thiophene rings is 1. The van der Waals surface area contributed by atoms with Crippen LogP contribution in [0, 0.1) is 0 Å². The van der Waals surface area contributed by atoms with Gasteiger partial charge in [0, 0.05) is 10.2 Å². The van der Waals surface area contributed by atoms with Gasteiger partial charge >= 0.3 is 0 Å². The molecule has 82 valence electrons. The Balaban J connectivity index is 2.15. The number of carbonyl (C=O) groups is 1. The molecule has 1 N–H and O–H groups in total. The predicted molar refractivity (Wildman–Crippen MR) is 71.4 cm³/mol. The maximum Gasteiger partial charge on any atom is 0.265 e. The van der Waals surface area contributed by atoms with E-state index in [9.17, 15) is 4.79 Å². The van der Waals surface area contributed by atoms with Crippen LogP contribution in [0.5, 0.6) is 0 Å². The number of nitrogens with one attached hydrogen (secondary N) is 1. The Morgan fingerprint density at radius 1 is 1.38 bits per heavy atom. The van der Waals surface area contributed by atoms with Gasteiger partial charge in [0.15, 0.2) is 0 Å². The first kappa shape index (κ1) is 11.6. The van der Waals surface area contributed by atoms with Gasteiger partial charge in [-0.25, -0.2) is 0 Å². The highest BCUT2D eigenvalue weighted by Crippen LogP contribution is 2.25. The summed E-state index contributed by atoms with van der Waals surface area (Å²) in [6.07, 6.45) is 0. The van der Waals surface area contributed by atoms with Crippen molar-refractivity contribution in [3.63, 3.8) is 0 Å². The van der Waals surface area contributed by atoms with Gasteiger partial charge < -0.3 is 5.32 Å². The molecule has 0 unspecified atom stereocenters. The second-order valence-electron chi connectivity index (χ2n) is 3.06. The van der Waals surface area contributed by atoms with Crippen LogP contribution in [0.15, 0.2) is 40.2 Å². The molecule has 0 atom stereocenters. The van der Waals surface area contributed by atoms with Crippen LogP contribution in [0.2, 0.25) is 5.02 Å². The molecule has 16 heavy (non-hydrogen) atoms. The molecule has 0 saturated heterocycles. The maximum atomic E-state index is 11.7. The van der Waals surface area contributed by atoms with Gasteiger partial charge in [0.2, 0.25) is 0 Å². The first-order valence-corrected chi connectivity index (χ1v) is 6.52. The van der Waals surface area contributed by atoms with Crippen LogP contribution >= 0.6 is 38.9 Å². The molecule has 0 aliphatic rings. The molecule has 0 saturated carbocycles. The number of hydrogen-bond acceptors (Lipinski definition) is 2. The Hall–Kier alpha value is -0.840. The summed E-state index contributed by atoms with van der Waals surface area (Å²) in [6, 6.07) is 8.92. The molecule has 0 aliphatic heterocycles. The molecular formula is C11H7BrClNOS. The Morgan fingerprint density at radius 3 is 2.81 bits per heavy atom. The first-order valence-electron chi connectivity index (χ1n) is 4.47. The average molecular weight is 317 g/mol. The van der Waals surface area contributed by atoms with E-state index in [1.54, 1.807) is 24.3 Å². The number of amides is 1. The molecule has 1 amide bonds. The van der Waals surface area contributed by atoms with Crippen molar-refractivity contribution in [2.24, 2.45) is 0 Å². The summed E-state index contributed by atoms with van der Waals surface area (Å²) in [6.45, 7) is 0. The van der Waals surface area contributed by atoms with Gasteiger partial charge in [0.25, 0.3) is 5.91 Å². The summed E-state index contributed by atoms with van der Waals surface area (Å²) < 4.78 is 0.809. The number of anilines is 1. The van der Waals surface area contributed by atoms with Gasteiger partial charge in [-0.3, -0.25) is 4.79 Å². The van der Waals surface area contributed by atoms with Crippen LogP contribution in [0.25, 0.3) is 0 Å². The monoisotopic (exact) mass is 315 g/mol. The van der Waals surface area contributed by atoms with E-state index in [-0.39, 0.29) is 5.91 Å². The SMILES string of the molecule is O=C(Nc1ccc(Br)c(Cl)c1)c1cccs1. The van der Waals surface area contributed by atoms with E-state index < -0.39 is 0 Å². The fourth-order valence-electron chi connectivity index (χ4n) is 1.17. The van der Waals surface area contributed by atoms with E-state index in [0.717, 1.165) is 4.47 Å². The van der Waals surface area contributed by atoms with E-state index in [1.807, 2.05) is 11.4 Å². The lowest BCUT2D eigenvalue weighted by Crippen LogP contribution is -2.09. The summed E-state index contributed by atoms with van der Waals surface area (Å²) in [5.41, 5.74) is 0.687. The van der Waals surface area contributed by atoms with E-state index in [1.165, 1.54) is 11.3 Å². The molecule has 5 heteroatoms. The third kappa shape index (κ3) is 2.64. The highest BCUT2D eigenvalue weighted by Gasteiger charge is 2.07. The number of benzene rings is 1. The molecule has 1 aromatic heterocycles. The fraction of sp³-hybridized carbons (Fsp3) is 0. The van der Waals surface area contributed by atoms with E-state index >= 15 is 0 Å². The maximum absolute atomic E-state index is 11.7. The van der Waals surface area contributed by atoms with Crippen molar-refractivity contribution in [3.05, 3.63) is 50.1 Å². The molecule has 0 fully saturated rings. The van der Waals surface area contributed by atoms with Crippen LogP contribution in [0.4, 0.5) is 5.69 Å². The Morgan fingerprint density at radius 2 is 2.19 bits per heavy atom. The molecule has 0 spiro atoms. The lowest BCUT2D eigenvalue weighted by molar-refractivity contribution is 0.103. The quantitative estimate of drug-likeness (QED) is 0.873. The molecule has 1 aromatic carbocycles. The second-order valence-corrected chi connectivity index (χ2v) is 5.27. The molecule has 2 nitrogen and oxygen atoms in total. The zero-order valence-electron chi connectivity index (χ0n) is 8.04. The van der Waals surface area contributed by atoms with Gasteiger partial charge in [0.1, 0.15) is 0 Å². The van der Waals surface area contributed by atoms with Crippen LogP contribution in [-0.4, -0.2) is 5.91 Å². The number of rotatable bonds is 2. The largest absolute Gasteiger partial charge is 0.321 e. The van der Waals surface area contributed by atoms with Crippen LogP contribution < -0.4 is 5.32 Å². The lowest BCUT2D eigenvalue weighted by atomic mass is 10.3. The summed E-state index contributed by atoms with van der Waals surface area (Å²) in [5.74, 6) is -0.117. The number of carbonyl (C=O) groups excluding carboxylic acids is 1. The molecule has 2 aromatic rings. The van der Waals surface area contributed by atoms with Crippen molar-refractivity contribution in [1.29, 1.82) is 0 Å². The van der Waals surface area contributed by atoms with Crippen molar-refractivity contribution >= 4 is 50.5 Å². The molecule has 2 rings (SSSR count). The Labute approximate surface area is 110 Å². The van der Waals surface area contributed by atoms with Crippen molar-refractivity contribution < 1.29 is 4.79 Å². The Kier molecular flexibility index (Phi) is 3.63. The fourth-order valence-corrected chi connectivity index (χ4v) is 2.22. The highest BCUT2D eigenvalue weighted by molar-refractivity contribution is 9.10.